The quantitative estimate of drug-likeness (QED) is 0.842. The molecule has 0 atom stereocenters. The summed E-state index contributed by atoms with van der Waals surface area (Å²) in [7, 11) is 3.82. The normalized spacial score (nSPS) is 17.9. The van der Waals surface area contributed by atoms with Gasteiger partial charge in [0.05, 0.1) is 19.0 Å². The minimum atomic E-state index is -0.197. The highest BCUT2D eigenvalue weighted by atomic mass is 32.2. The second kappa shape index (κ2) is 5.59. The molecule has 5 heteroatoms. The Kier molecular flexibility index (Phi) is 4.07. The van der Waals surface area contributed by atoms with Gasteiger partial charge in [-0.1, -0.05) is 29.8 Å². The zero-order valence-corrected chi connectivity index (χ0v) is 12.1. The van der Waals surface area contributed by atoms with Gasteiger partial charge in [0.15, 0.2) is 6.67 Å². The number of carbonyl (C=O) groups excluding carboxylic acids is 2. The van der Waals surface area contributed by atoms with E-state index < -0.39 is 0 Å². The Morgan fingerprint density at radius 2 is 1.84 bits per heavy atom. The first-order chi connectivity index (χ1) is 8.97. The molecule has 0 aromatic heterocycles. The Bertz CT molecular complexity index is 535. The van der Waals surface area contributed by atoms with Crippen molar-refractivity contribution in [1.29, 1.82) is 0 Å². The number of aryl methyl sites for hydroxylation is 1. The van der Waals surface area contributed by atoms with Crippen molar-refractivity contribution in [2.24, 2.45) is 0 Å². The Hall–Kier alpha value is -1.59. The Morgan fingerprint density at radius 1 is 1.21 bits per heavy atom. The van der Waals surface area contributed by atoms with E-state index >= 15 is 0 Å². The lowest BCUT2D eigenvalue weighted by Gasteiger charge is -2.14. The zero-order chi connectivity index (χ0) is 14.0. The number of thioether (sulfide) groups is 1. The molecule has 0 spiro atoms. The van der Waals surface area contributed by atoms with Crippen LogP contribution >= 0.6 is 11.8 Å². The van der Waals surface area contributed by atoms with Gasteiger partial charge in [-0.25, -0.2) is 4.90 Å². The lowest BCUT2D eigenvalue weighted by atomic mass is 10.1. The summed E-state index contributed by atoms with van der Waals surface area (Å²) >= 11 is 1.01. The molecular weight excluding hydrogens is 260 g/mol. The molecule has 1 aromatic rings. The first-order valence-corrected chi connectivity index (χ1v) is 6.90. The maximum absolute atomic E-state index is 12.1. The Morgan fingerprint density at radius 3 is 2.42 bits per heavy atom. The number of quaternary nitrogens is 1. The van der Waals surface area contributed by atoms with E-state index in [-0.39, 0.29) is 11.1 Å². The molecule has 0 saturated carbocycles. The van der Waals surface area contributed by atoms with Gasteiger partial charge in [-0.05, 0) is 30.3 Å². The number of hydrogen-bond donors (Lipinski definition) is 1. The van der Waals surface area contributed by atoms with E-state index in [0.717, 1.165) is 22.2 Å². The molecule has 0 aliphatic carbocycles. The fourth-order valence-electron chi connectivity index (χ4n) is 1.77. The first kappa shape index (κ1) is 13.8. The van der Waals surface area contributed by atoms with Gasteiger partial charge in [-0.15, -0.1) is 0 Å². The van der Waals surface area contributed by atoms with Crippen LogP contribution < -0.4 is 4.90 Å². The molecule has 1 heterocycles. The molecule has 100 valence electrons. The number of benzene rings is 1. The summed E-state index contributed by atoms with van der Waals surface area (Å²) in [5.41, 5.74) is 2.11. The fraction of sp³-hybridized carbons (Fsp3) is 0.286. The average Bonchev–Trinajstić information content (AvgIpc) is 2.60. The van der Waals surface area contributed by atoms with Crippen LogP contribution in [0.1, 0.15) is 11.1 Å². The predicted octanol–water partition coefficient (Wildman–Crippen LogP) is 1.13. The van der Waals surface area contributed by atoms with Crippen LogP contribution in [0.15, 0.2) is 29.2 Å². The first-order valence-electron chi connectivity index (χ1n) is 6.08. The molecule has 19 heavy (non-hydrogen) atoms. The maximum Gasteiger partial charge on any atom is 0.298 e. The molecule has 1 aromatic carbocycles. The van der Waals surface area contributed by atoms with E-state index in [0.29, 0.717) is 11.6 Å². The molecule has 1 N–H and O–H groups in total. The Labute approximate surface area is 117 Å². The summed E-state index contributed by atoms with van der Waals surface area (Å²) in [6.07, 6.45) is 1.77. The minimum absolute atomic E-state index is 0.190. The molecule has 0 unspecified atom stereocenters. The molecular formula is C14H17N2O2S+. The molecule has 0 bridgehead atoms. The number of imide groups is 1. The van der Waals surface area contributed by atoms with Crippen molar-refractivity contribution in [3.8, 4) is 0 Å². The van der Waals surface area contributed by atoms with Gasteiger partial charge >= 0.3 is 0 Å². The van der Waals surface area contributed by atoms with Crippen molar-refractivity contribution >= 4 is 29.0 Å². The second-order valence-electron chi connectivity index (χ2n) is 4.89. The molecule has 4 nitrogen and oxygen atoms in total. The van der Waals surface area contributed by atoms with Gasteiger partial charge in [-0.3, -0.25) is 9.59 Å². The number of amides is 2. The van der Waals surface area contributed by atoms with E-state index in [1.165, 1.54) is 10.5 Å². The van der Waals surface area contributed by atoms with Gasteiger partial charge in [0.25, 0.3) is 11.1 Å². The van der Waals surface area contributed by atoms with Gasteiger partial charge in [0.2, 0.25) is 0 Å². The molecule has 2 amide bonds. The van der Waals surface area contributed by atoms with Crippen LogP contribution in [0, 0.1) is 6.92 Å². The third-order valence-electron chi connectivity index (χ3n) is 2.72. The van der Waals surface area contributed by atoms with Crippen LogP contribution in [-0.2, 0) is 4.79 Å². The molecule has 0 radical (unpaired) electrons. The largest absolute Gasteiger partial charge is 0.322 e. The maximum atomic E-state index is 12.1. The number of hydrogen-bond acceptors (Lipinski definition) is 3. The number of rotatable bonds is 3. The van der Waals surface area contributed by atoms with Crippen LogP contribution in [0.2, 0.25) is 0 Å². The monoisotopic (exact) mass is 277 g/mol. The summed E-state index contributed by atoms with van der Waals surface area (Å²) in [5.74, 6) is -0.197. The summed E-state index contributed by atoms with van der Waals surface area (Å²) in [5, 5.41) is -0.190. The van der Waals surface area contributed by atoms with Crippen molar-refractivity contribution in [2.75, 3.05) is 20.8 Å². The summed E-state index contributed by atoms with van der Waals surface area (Å²) in [6.45, 7) is 2.41. The van der Waals surface area contributed by atoms with Crippen molar-refractivity contribution in [3.05, 3.63) is 40.3 Å². The van der Waals surface area contributed by atoms with Crippen molar-refractivity contribution in [3.63, 3.8) is 0 Å². The van der Waals surface area contributed by atoms with Crippen LogP contribution in [0.3, 0.4) is 0 Å². The second-order valence-corrected chi connectivity index (χ2v) is 5.88. The van der Waals surface area contributed by atoms with E-state index in [1.54, 1.807) is 6.08 Å². The molecule has 1 aliphatic heterocycles. The van der Waals surface area contributed by atoms with E-state index in [9.17, 15) is 9.59 Å². The van der Waals surface area contributed by atoms with Gasteiger partial charge in [-0.2, -0.15) is 0 Å². The van der Waals surface area contributed by atoms with Gasteiger partial charge in [0.1, 0.15) is 0 Å². The third kappa shape index (κ3) is 3.24. The van der Waals surface area contributed by atoms with E-state index in [2.05, 4.69) is 0 Å². The highest BCUT2D eigenvalue weighted by molar-refractivity contribution is 8.18. The van der Waals surface area contributed by atoms with E-state index in [1.807, 2.05) is 45.3 Å². The van der Waals surface area contributed by atoms with Gasteiger partial charge in [0, 0.05) is 0 Å². The summed E-state index contributed by atoms with van der Waals surface area (Å²) in [4.78, 5) is 26.7. The lowest BCUT2D eigenvalue weighted by molar-refractivity contribution is -0.866. The Balaban J connectivity index is 2.20. The van der Waals surface area contributed by atoms with Crippen LogP contribution in [0.5, 0.6) is 0 Å². The number of nitrogens with zero attached hydrogens (tertiary/aromatic N) is 1. The summed E-state index contributed by atoms with van der Waals surface area (Å²) < 4.78 is 0. The molecule has 1 fully saturated rings. The highest BCUT2D eigenvalue weighted by Crippen LogP contribution is 2.31. The average molecular weight is 277 g/mol. The van der Waals surface area contributed by atoms with Crippen molar-refractivity contribution in [1.82, 2.24) is 4.90 Å². The molecule has 1 aliphatic rings. The van der Waals surface area contributed by atoms with Crippen LogP contribution in [0.4, 0.5) is 4.79 Å². The number of carbonyl (C=O) groups is 2. The molecule has 1 saturated heterocycles. The highest BCUT2D eigenvalue weighted by Gasteiger charge is 2.36. The minimum Gasteiger partial charge on any atom is -0.322 e. The van der Waals surface area contributed by atoms with Crippen LogP contribution in [0.25, 0.3) is 6.08 Å². The third-order valence-corrected chi connectivity index (χ3v) is 3.63. The van der Waals surface area contributed by atoms with Crippen molar-refractivity contribution < 1.29 is 14.5 Å². The molecule has 2 rings (SSSR count). The SMILES string of the molecule is Cc1ccc(/C=C2/SC(=O)N(C[NH+](C)C)C2=O)cc1. The zero-order valence-electron chi connectivity index (χ0n) is 11.3. The summed E-state index contributed by atoms with van der Waals surface area (Å²) in [6, 6.07) is 7.86. The smallest absolute Gasteiger partial charge is 0.298 e. The standard InChI is InChI=1S/C14H16N2O2S/c1-10-4-6-11(7-5-10)8-12-13(17)16(9-15(2)3)14(18)19-12/h4-8H,9H2,1-3H3/p+1/b12-8+. The fourth-order valence-corrected chi connectivity index (χ4v) is 2.60. The van der Waals surface area contributed by atoms with Crippen molar-refractivity contribution in [2.45, 2.75) is 6.92 Å². The number of nitrogens with one attached hydrogen (secondary N) is 1. The topological polar surface area (TPSA) is 41.8 Å². The van der Waals surface area contributed by atoms with Gasteiger partial charge < -0.3 is 4.90 Å². The van der Waals surface area contributed by atoms with Crippen LogP contribution in [-0.4, -0.2) is 36.8 Å². The lowest BCUT2D eigenvalue weighted by Crippen LogP contribution is -3.07. The predicted molar refractivity (Wildman–Crippen MR) is 76.7 cm³/mol. The van der Waals surface area contributed by atoms with E-state index in [4.69, 9.17) is 0 Å².